The van der Waals surface area contributed by atoms with Gasteiger partial charge in [0.15, 0.2) is 0 Å². The smallest absolute Gasteiger partial charge is 0.261 e. The minimum Gasteiger partial charge on any atom is -0.353 e. The number of aromatic nitrogens is 2. The molecule has 6 nitrogen and oxygen atoms in total. The number of amides is 1. The molecule has 3 aromatic rings. The van der Waals surface area contributed by atoms with E-state index in [0.717, 1.165) is 23.5 Å². The summed E-state index contributed by atoms with van der Waals surface area (Å²) < 4.78 is 2.18. The first-order valence-corrected chi connectivity index (χ1v) is 11.9. The molecule has 3 heterocycles. The van der Waals surface area contributed by atoms with Gasteiger partial charge in [-0.15, -0.1) is 11.3 Å². The molecule has 0 saturated carbocycles. The van der Waals surface area contributed by atoms with Gasteiger partial charge in [0, 0.05) is 15.9 Å². The number of benzene rings is 1. The van der Waals surface area contributed by atoms with Gasteiger partial charge in [-0.05, 0) is 61.5 Å². The number of carbonyl (C=O) groups excluding carboxylic acids is 1. The van der Waals surface area contributed by atoms with Crippen molar-refractivity contribution in [2.75, 3.05) is 19.6 Å². The third-order valence-electron chi connectivity index (χ3n) is 5.72. The quantitative estimate of drug-likeness (QED) is 0.572. The Balaban J connectivity index is 1.44. The highest BCUT2D eigenvalue weighted by Gasteiger charge is 2.25. The number of rotatable bonds is 6. The van der Waals surface area contributed by atoms with Crippen LogP contribution < -0.4 is 10.9 Å². The van der Waals surface area contributed by atoms with E-state index in [1.165, 1.54) is 28.6 Å². The largest absolute Gasteiger partial charge is 0.353 e. The topological polar surface area (TPSA) is 67.2 Å². The van der Waals surface area contributed by atoms with Gasteiger partial charge in [0.1, 0.15) is 6.54 Å². The highest BCUT2D eigenvalue weighted by atomic mass is 79.9. The lowest BCUT2D eigenvalue weighted by Gasteiger charge is -2.36. The van der Waals surface area contributed by atoms with Crippen LogP contribution in [-0.4, -0.2) is 40.0 Å². The Morgan fingerprint density at radius 1 is 1.33 bits per heavy atom. The molecular weight excluding hydrogens is 464 g/mol. The van der Waals surface area contributed by atoms with Crippen molar-refractivity contribution >= 4 is 44.1 Å². The monoisotopic (exact) mass is 488 g/mol. The molecular formula is C22H25BrN4O2S. The first kappa shape index (κ1) is 21.2. The van der Waals surface area contributed by atoms with E-state index in [0.29, 0.717) is 17.4 Å². The van der Waals surface area contributed by atoms with Gasteiger partial charge in [-0.2, -0.15) is 0 Å². The molecule has 1 saturated heterocycles. The number of fused-ring (bicyclic) bond motifs is 1. The van der Waals surface area contributed by atoms with E-state index in [9.17, 15) is 9.59 Å². The minimum atomic E-state index is -0.212. The minimum absolute atomic E-state index is 0.0392. The molecule has 1 unspecified atom stereocenters. The average Bonchev–Trinajstić information content (AvgIpc) is 3.26. The number of halogens is 1. The fourth-order valence-electron chi connectivity index (χ4n) is 3.90. The van der Waals surface area contributed by atoms with Gasteiger partial charge in [0.25, 0.3) is 5.56 Å². The lowest BCUT2D eigenvalue weighted by molar-refractivity contribution is -0.122. The van der Waals surface area contributed by atoms with Crippen LogP contribution in [0.2, 0.25) is 0 Å². The predicted molar refractivity (Wildman–Crippen MR) is 124 cm³/mol. The van der Waals surface area contributed by atoms with Crippen LogP contribution in [0.25, 0.3) is 10.9 Å². The van der Waals surface area contributed by atoms with E-state index >= 15 is 0 Å². The molecule has 0 radical (unpaired) electrons. The second kappa shape index (κ2) is 9.41. The zero-order valence-corrected chi connectivity index (χ0v) is 19.3. The Hall–Kier alpha value is -2.03. The number of likely N-dealkylation sites (tertiary alicyclic amines) is 1. The van der Waals surface area contributed by atoms with Gasteiger partial charge >= 0.3 is 0 Å². The fraction of sp³-hybridized carbons (Fsp3) is 0.409. The van der Waals surface area contributed by atoms with E-state index < -0.39 is 0 Å². The van der Waals surface area contributed by atoms with Gasteiger partial charge in [0.2, 0.25) is 5.91 Å². The van der Waals surface area contributed by atoms with Crippen LogP contribution in [0, 0.1) is 5.92 Å². The highest BCUT2D eigenvalue weighted by molar-refractivity contribution is 9.10. The number of nitrogens with one attached hydrogen (secondary N) is 1. The number of thiophene rings is 1. The molecule has 1 amide bonds. The van der Waals surface area contributed by atoms with Gasteiger partial charge in [-0.3, -0.25) is 19.1 Å². The zero-order valence-electron chi connectivity index (χ0n) is 16.9. The van der Waals surface area contributed by atoms with E-state index in [1.54, 1.807) is 23.5 Å². The van der Waals surface area contributed by atoms with Crippen molar-refractivity contribution in [3.05, 3.63) is 61.7 Å². The molecule has 0 spiro atoms. The molecule has 1 aliphatic heterocycles. The third kappa shape index (κ3) is 4.82. The van der Waals surface area contributed by atoms with E-state index in [-0.39, 0.29) is 24.1 Å². The van der Waals surface area contributed by atoms with Crippen LogP contribution in [0.15, 0.2) is 51.3 Å². The summed E-state index contributed by atoms with van der Waals surface area (Å²) in [6.07, 6.45) is 3.81. The molecule has 1 aromatic carbocycles. The number of hydrogen-bond acceptors (Lipinski definition) is 5. The predicted octanol–water partition coefficient (Wildman–Crippen LogP) is 3.81. The van der Waals surface area contributed by atoms with E-state index in [2.05, 4.69) is 55.6 Å². The maximum Gasteiger partial charge on any atom is 0.261 e. The molecule has 1 fully saturated rings. The van der Waals surface area contributed by atoms with Crippen molar-refractivity contribution in [3.8, 4) is 0 Å². The number of hydrogen-bond donors (Lipinski definition) is 1. The normalized spacial score (nSPS) is 16.6. The van der Waals surface area contributed by atoms with E-state index in [1.807, 2.05) is 6.07 Å². The highest BCUT2D eigenvalue weighted by Crippen LogP contribution is 2.29. The van der Waals surface area contributed by atoms with Crippen LogP contribution in [0.4, 0.5) is 0 Å². The van der Waals surface area contributed by atoms with Crippen molar-refractivity contribution in [3.63, 3.8) is 0 Å². The molecule has 0 aliphatic carbocycles. The molecule has 8 heteroatoms. The summed E-state index contributed by atoms with van der Waals surface area (Å²) in [5, 5.41) is 5.62. The molecule has 1 aliphatic rings. The van der Waals surface area contributed by atoms with Gasteiger partial charge in [0.05, 0.1) is 23.3 Å². The summed E-state index contributed by atoms with van der Waals surface area (Å²) >= 11 is 5.11. The van der Waals surface area contributed by atoms with Gasteiger partial charge in [-0.1, -0.05) is 28.9 Å². The number of piperidine rings is 1. The lowest BCUT2D eigenvalue weighted by atomic mass is 9.97. The molecule has 1 atom stereocenters. The Morgan fingerprint density at radius 2 is 2.13 bits per heavy atom. The second-order valence-corrected chi connectivity index (χ2v) is 9.79. The third-order valence-corrected chi connectivity index (χ3v) is 7.19. The SMILES string of the molecule is CC1CCN(C(CNC(=O)Cn2cnc3ccc(Br)cc3c2=O)c2cccs2)CC1. The van der Waals surface area contributed by atoms with Crippen LogP contribution in [0.3, 0.4) is 0 Å². The zero-order chi connectivity index (χ0) is 21.1. The Morgan fingerprint density at radius 3 is 2.87 bits per heavy atom. The summed E-state index contributed by atoms with van der Waals surface area (Å²) in [7, 11) is 0. The summed E-state index contributed by atoms with van der Waals surface area (Å²) in [5.74, 6) is 0.576. The standard InChI is InChI=1S/C22H25BrN4O2S/c1-15-6-8-26(9-7-15)19(20-3-2-10-30-20)12-24-21(28)13-27-14-25-18-5-4-16(23)11-17(18)22(27)29/h2-5,10-11,14-15,19H,6-9,12-13H2,1H3,(H,24,28). The molecule has 158 valence electrons. The molecule has 4 rings (SSSR count). The van der Waals surface area contributed by atoms with Crippen molar-refractivity contribution < 1.29 is 4.79 Å². The molecule has 2 aromatic heterocycles. The molecule has 30 heavy (non-hydrogen) atoms. The average molecular weight is 489 g/mol. The first-order chi connectivity index (χ1) is 14.5. The van der Waals surface area contributed by atoms with Crippen LogP contribution in [-0.2, 0) is 11.3 Å². The van der Waals surface area contributed by atoms with Crippen molar-refractivity contribution in [1.29, 1.82) is 0 Å². The summed E-state index contributed by atoms with van der Waals surface area (Å²) in [5.41, 5.74) is 0.410. The van der Waals surface area contributed by atoms with Crippen LogP contribution in [0.5, 0.6) is 0 Å². The van der Waals surface area contributed by atoms with E-state index in [4.69, 9.17) is 0 Å². The van der Waals surface area contributed by atoms with Crippen molar-refractivity contribution in [2.45, 2.75) is 32.4 Å². The Labute approximate surface area is 188 Å². The van der Waals surface area contributed by atoms with Crippen molar-refractivity contribution in [1.82, 2.24) is 19.8 Å². The van der Waals surface area contributed by atoms with Gasteiger partial charge < -0.3 is 5.32 Å². The summed E-state index contributed by atoms with van der Waals surface area (Å²) in [4.78, 5) is 33.4. The second-order valence-electron chi connectivity index (χ2n) is 7.89. The Kier molecular flexibility index (Phi) is 6.65. The van der Waals surface area contributed by atoms with Crippen molar-refractivity contribution in [2.24, 2.45) is 5.92 Å². The lowest BCUT2D eigenvalue weighted by Crippen LogP contribution is -2.42. The number of nitrogens with zero attached hydrogens (tertiary/aromatic N) is 3. The molecule has 0 bridgehead atoms. The van der Waals surface area contributed by atoms with Gasteiger partial charge in [-0.25, -0.2) is 4.98 Å². The first-order valence-electron chi connectivity index (χ1n) is 10.2. The number of carbonyl (C=O) groups is 1. The Bertz CT molecular complexity index is 1070. The summed E-state index contributed by atoms with van der Waals surface area (Å²) in [6, 6.07) is 9.73. The molecule has 1 N–H and O–H groups in total. The fourth-order valence-corrected chi connectivity index (χ4v) is 5.12. The van der Waals surface area contributed by atoms with Crippen LogP contribution >= 0.6 is 27.3 Å². The summed E-state index contributed by atoms with van der Waals surface area (Å²) in [6.45, 7) is 4.88. The maximum atomic E-state index is 12.7. The van der Waals surface area contributed by atoms with Crippen LogP contribution in [0.1, 0.15) is 30.7 Å². The maximum absolute atomic E-state index is 12.7.